The standard InChI is InChI=1S/C23H28F3N3O2/c1-16-9-13-28(14-10-16)12-4-11-27-21(30)20-8-7-17(2)29(22(20)31)19-6-3-5-18(15-19)23(24,25)26/h3,5-8,15-16H,4,9-14H2,1-2H3,(H,27,30). The number of piperidine rings is 1. The van der Waals surface area contributed by atoms with E-state index in [1.54, 1.807) is 13.0 Å². The molecule has 2 aromatic rings. The Hall–Kier alpha value is -2.61. The monoisotopic (exact) mass is 435 g/mol. The lowest BCUT2D eigenvalue weighted by Crippen LogP contribution is -2.37. The van der Waals surface area contributed by atoms with Crippen LogP contribution in [-0.4, -0.2) is 41.6 Å². The summed E-state index contributed by atoms with van der Waals surface area (Å²) in [6, 6.07) is 7.51. The van der Waals surface area contributed by atoms with Gasteiger partial charge in [-0.2, -0.15) is 13.2 Å². The summed E-state index contributed by atoms with van der Waals surface area (Å²) in [7, 11) is 0. The number of hydrogen-bond acceptors (Lipinski definition) is 3. The van der Waals surface area contributed by atoms with Gasteiger partial charge in [-0.3, -0.25) is 14.2 Å². The molecule has 1 amide bonds. The second-order valence-electron chi connectivity index (χ2n) is 8.21. The summed E-state index contributed by atoms with van der Waals surface area (Å²) in [5, 5.41) is 2.76. The number of rotatable bonds is 6. The fourth-order valence-corrected chi connectivity index (χ4v) is 3.83. The molecule has 1 aliphatic heterocycles. The van der Waals surface area contributed by atoms with Crippen LogP contribution in [0.15, 0.2) is 41.2 Å². The molecule has 1 fully saturated rings. The van der Waals surface area contributed by atoms with Crippen LogP contribution in [0.1, 0.15) is 47.8 Å². The predicted octanol–water partition coefficient (Wildman–Crippen LogP) is 4.02. The van der Waals surface area contributed by atoms with Gasteiger partial charge in [-0.1, -0.05) is 13.0 Å². The third kappa shape index (κ3) is 5.76. The van der Waals surface area contributed by atoms with Crippen molar-refractivity contribution in [1.29, 1.82) is 0 Å². The Balaban J connectivity index is 1.69. The van der Waals surface area contributed by atoms with E-state index in [1.807, 2.05) is 0 Å². The summed E-state index contributed by atoms with van der Waals surface area (Å²) in [6.45, 7) is 7.31. The summed E-state index contributed by atoms with van der Waals surface area (Å²) < 4.78 is 40.3. The van der Waals surface area contributed by atoms with Crippen LogP contribution in [0, 0.1) is 12.8 Å². The molecule has 0 atom stereocenters. The first kappa shape index (κ1) is 23.1. The lowest BCUT2D eigenvalue weighted by atomic mass is 9.99. The number of alkyl halides is 3. The second-order valence-corrected chi connectivity index (χ2v) is 8.21. The van der Waals surface area contributed by atoms with E-state index >= 15 is 0 Å². The van der Waals surface area contributed by atoms with Crippen molar-refractivity contribution in [2.45, 2.75) is 39.3 Å². The highest BCUT2D eigenvalue weighted by Crippen LogP contribution is 2.30. The van der Waals surface area contributed by atoms with E-state index in [1.165, 1.54) is 31.0 Å². The first-order valence-electron chi connectivity index (χ1n) is 10.6. The minimum Gasteiger partial charge on any atom is -0.352 e. The topological polar surface area (TPSA) is 54.3 Å². The molecule has 0 radical (unpaired) electrons. The van der Waals surface area contributed by atoms with Crippen LogP contribution >= 0.6 is 0 Å². The number of halogens is 3. The Labute approximate surface area is 179 Å². The van der Waals surface area contributed by atoms with E-state index in [9.17, 15) is 22.8 Å². The maximum atomic E-state index is 13.1. The van der Waals surface area contributed by atoms with Crippen molar-refractivity contribution >= 4 is 5.91 Å². The van der Waals surface area contributed by atoms with Gasteiger partial charge >= 0.3 is 6.18 Å². The minimum absolute atomic E-state index is 0.0753. The summed E-state index contributed by atoms with van der Waals surface area (Å²) in [5.74, 6) is 0.245. The molecular formula is C23H28F3N3O2. The predicted molar refractivity (Wildman–Crippen MR) is 114 cm³/mol. The molecule has 1 saturated heterocycles. The van der Waals surface area contributed by atoms with Crippen molar-refractivity contribution in [3.05, 3.63) is 63.6 Å². The molecule has 1 aromatic carbocycles. The maximum absolute atomic E-state index is 13.1. The summed E-state index contributed by atoms with van der Waals surface area (Å²) >= 11 is 0. The van der Waals surface area contributed by atoms with Gasteiger partial charge in [0.15, 0.2) is 0 Å². The molecule has 0 bridgehead atoms. The smallest absolute Gasteiger partial charge is 0.352 e. The zero-order valence-corrected chi connectivity index (χ0v) is 17.8. The highest BCUT2D eigenvalue weighted by molar-refractivity contribution is 5.93. The molecule has 0 spiro atoms. The zero-order valence-electron chi connectivity index (χ0n) is 17.8. The third-order valence-electron chi connectivity index (χ3n) is 5.77. The molecule has 1 aliphatic rings. The van der Waals surface area contributed by atoms with E-state index in [-0.39, 0.29) is 11.3 Å². The van der Waals surface area contributed by atoms with Gasteiger partial charge in [0.05, 0.1) is 5.56 Å². The molecule has 0 saturated carbocycles. The van der Waals surface area contributed by atoms with Crippen LogP contribution in [0.3, 0.4) is 0 Å². The Morgan fingerprint density at radius 1 is 1.16 bits per heavy atom. The van der Waals surface area contributed by atoms with Gasteiger partial charge in [-0.15, -0.1) is 0 Å². The number of aryl methyl sites for hydroxylation is 1. The van der Waals surface area contributed by atoms with Crippen LogP contribution in [0.25, 0.3) is 5.69 Å². The quantitative estimate of drug-likeness (QED) is 0.698. The van der Waals surface area contributed by atoms with Gasteiger partial charge in [0, 0.05) is 17.9 Å². The Bertz CT molecular complexity index is 977. The molecule has 0 aliphatic carbocycles. The van der Waals surface area contributed by atoms with E-state index in [2.05, 4.69) is 17.1 Å². The maximum Gasteiger partial charge on any atom is 0.416 e. The Kier molecular flexibility index (Phi) is 7.20. The average molecular weight is 435 g/mol. The molecule has 168 valence electrons. The van der Waals surface area contributed by atoms with Gasteiger partial charge in [0.25, 0.3) is 11.5 Å². The normalized spacial score (nSPS) is 15.8. The first-order valence-corrected chi connectivity index (χ1v) is 10.6. The molecule has 1 N–H and O–H groups in total. The molecule has 5 nitrogen and oxygen atoms in total. The van der Waals surface area contributed by atoms with Gasteiger partial charge in [-0.25, -0.2) is 0 Å². The number of benzene rings is 1. The molecule has 1 aromatic heterocycles. The first-order chi connectivity index (χ1) is 14.7. The summed E-state index contributed by atoms with van der Waals surface area (Å²) in [6.07, 6.45) is -1.38. The van der Waals surface area contributed by atoms with Gasteiger partial charge in [0.1, 0.15) is 5.56 Å². The van der Waals surface area contributed by atoms with Gasteiger partial charge < -0.3 is 10.2 Å². The van der Waals surface area contributed by atoms with Crippen molar-refractivity contribution in [3.63, 3.8) is 0 Å². The molecule has 0 unspecified atom stereocenters. The van der Waals surface area contributed by atoms with Crippen LogP contribution in [0.4, 0.5) is 13.2 Å². The van der Waals surface area contributed by atoms with Gasteiger partial charge in [-0.05, 0) is 82.1 Å². The minimum atomic E-state index is -4.52. The Morgan fingerprint density at radius 3 is 2.55 bits per heavy atom. The number of hydrogen-bond donors (Lipinski definition) is 1. The Morgan fingerprint density at radius 2 is 1.87 bits per heavy atom. The van der Waals surface area contributed by atoms with Crippen molar-refractivity contribution in [2.75, 3.05) is 26.2 Å². The lowest BCUT2D eigenvalue weighted by Gasteiger charge is -2.30. The molecule has 31 heavy (non-hydrogen) atoms. The number of pyridine rings is 1. The average Bonchev–Trinajstić information content (AvgIpc) is 2.72. The third-order valence-corrected chi connectivity index (χ3v) is 5.77. The molecular weight excluding hydrogens is 407 g/mol. The number of aromatic nitrogens is 1. The van der Waals surface area contributed by atoms with E-state index in [0.717, 1.165) is 48.7 Å². The second kappa shape index (κ2) is 9.68. The largest absolute Gasteiger partial charge is 0.416 e. The number of nitrogens with zero attached hydrogens (tertiary/aromatic N) is 2. The number of carbonyl (C=O) groups excluding carboxylic acids is 1. The van der Waals surface area contributed by atoms with E-state index < -0.39 is 23.2 Å². The van der Waals surface area contributed by atoms with E-state index in [4.69, 9.17) is 0 Å². The molecule has 2 heterocycles. The van der Waals surface area contributed by atoms with Crippen LogP contribution in [0.2, 0.25) is 0 Å². The van der Waals surface area contributed by atoms with Crippen LogP contribution in [0.5, 0.6) is 0 Å². The van der Waals surface area contributed by atoms with Crippen molar-refractivity contribution in [2.24, 2.45) is 5.92 Å². The van der Waals surface area contributed by atoms with Crippen LogP contribution in [-0.2, 0) is 6.18 Å². The number of nitrogens with one attached hydrogen (secondary N) is 1. The van der Waals surface area contributed by atoms with Gasteiger partial charge in [0.2, 0.25) is 0 Å². The van der Waals surface area contributed by atoms with Crippen molar-refractivity contribution in [1.82, 2.24) is 14.8 Å². The van der Waals surface area contributed by atoms with E-state index in [0.29, 0.717) is 12.2 Å². The number of carbonyl (C=O) groups is 1. The fraction of sp³-hybridized carbons (Fsp3) is 0.478. The molecule has 3 rings (SSSR count). The SMILES string of the molecule is Cc1ccc(C(=O)NCCCN2CCC(C)CC2)c(=O)n1-c1cccc(C(F)(F)F)c1. The van der Waals surface area contributed by atoms with Crippen molar-refractivity contribution < 1.29 is 18.0 Å². The number of amides is 1. The highest BCUT2D eigenvalue weighted by Gasteiger charge is 2.30. The van der Waals surface area contributed by atoms with Crippen molar-refractivity contribution in [3.8, 4) is 5.69 Å². The van der Waals surface area contributed by atoms with Crippen LogP contribution < -0.4 is 10.9 Å². The summed E-state index contributed by atoms with van der Waals surface area (Å²) in [4.78, 5) is 27.9. The lowest BCUT2D eigenvalue weighted by molar-refractivity contribution is -0.137. The zero-order chi connectivity index (χ0) is 22.6. The highest BCUT2D eigenvalue weighted by atomic mass is 19.4. The summed E-state index contributed by atoms with van der Waals surface area (Å²) in [5.41, 5.74) is -1.05. The number of likely N-dealkylation sites (tertiary alicyclic amines) is 1. The molecule has 8 heteroatoms. The fourth-order valence-electron chi connectivity index (χ4n) is 3.83.